The molecular weight excluding hydrogens is 328 g/mol. The fraction of sp³-hybridized carbons (Fsp3) is 0.667. The molecule has 5 nitrogen and oxygen atoms in total. The molecule has 0 saturated carbocycles. The molecule has 2 heterocycles. The summed E-state index contributed by atoms with van der Waals surface area (Å²) in [6.07, 6.45) is 4.21. The Kier molecular flexibility index (Phi) is 6.41. The van der Waals surface area contributed by atoms with Gasteiger partial charge in [0.15, 0.2) is 11.5 Å². The zero-order valence-corrected chi connectivity index (χ0v) is 16.4. The van der Waals surface area contributed by atoms with Crippen molar-refractivity contribution in [3.05, 3.63) is 23.8 Å². The molecule has 5 heteroatoms. The SMILES string of the molecule is CCCN(CCC)C(=O)CN1CC(c2ccc3c(c2)OCO3)CC1CC. The van der Waals surface area contributed by atoms with Crippen molar-refractivity contribution in [2.24, 2.45) is 0 Å². The Morgan fingerprint density at radius 3 is 2.58 bits per heavy atom. The Bertz CT molecular complexity index is 613. The van der Waals surface area contributed by atoms with Gasteiger partial charge in [-0.2, -0.15) is 0 Å². The van der Waals surface area contributed by atoms with Gasteiger partial charge in [-0.05, 0) is 49.3 Å². The van der Waals surface area contributed by atoms with Crippen molar-refractivity contribution in [1.29, 1.82) is 0 Å². The van der Waals surface area contributed by atoms with E-state index >= 15 is 0 Å². The van der Waals surface area contributed by atoms with Crippen LogP contribution in [0.3, 0.4) is 0 Å². The van der Waals surface area contributed by atoms with Gasteiger partial charge in [-0.1, -0.05) is 26.8 Å². The van der Waals surface area contributed by atoms with E-state index in [-0.39, 0.29) is 5.91 Å². The van der Waals surface area contributed by atoms with E-state index in [1.165, 1.54) is 5.56 Å². The van der Waals surface area contributed by atoms with Crippen molar-refractivity contribution >= 4 is 5.91 Å². The normalized spacial score (nSPS) is 22.0. The highest BCUT2D eigenvalue weighted by molar-refractivity contribution is 5.78. The predicted octanol–water partition coefficient (Wildman–Crippen LogP) is 3.63. The third-order valence-electron chi connectivity index (χ3n) is 5.55. The number of ether oxygens (including phenoxy) is 2. The molecule has 1 aromatic carbocycles. The largest absolute Gasteiger partial charge is 0.454 e. The van der Waals surface area contributed by atoms with Gasteiger partial charge in [0.1, 0.15) is 0 Å². The van der Waals surface area contributed by atoms with Gasteiger partial charge in [0.05, 0.1) is 6.54 Å². The Morgan fingerprint density at radius 1 is 1.15 bits per heavy atom. The van der Waals surface area contributed by atoms with Gasteiger partial charge in [-0.15, -0.1) is 0 Å². The monoisotopic (exact) mass is 360 g/mol. The van der Waals surface area contributed by atoms with Crippen LogP contribution in [0.1, 0.15) is 57.9 Å². The van der Waals surface area contributed by atoms with Crippen molar-refractivity contribution in [2.45, 2.75) is 58.4 Å². The molecule has 26 heavy (non-hydrogen) atoms. The first-order valence-electron chi connectivity index (χ1n) is 10.1. The van der Waals surface area contributed by atoms with Gasteiger partial charge in [-0.3, -0.25) is 9.69 Å². The Hall–Kier alpha value is -1.75. The summed E-state index contributed by atoms with van der Waals surface area (Å²) in [6, 6.07) is 6.75. The van der Waals surface area contributed by atoms with Gasteiger partial charge in [0, 0.05) is 25.7 Å². The second kappa shape index (κ2) is 8.76. The zero-order valence-electron chi connectivity index (χ0n) is 16.4. The maximum absolute atomic E-state index is 12.8. The van der Waals surface area contributed by atoms with Crippen LogP contribution in [-0.2, 0) is 4.79 Å². The molecule has 3 rings (SSSR count). The third-order valence-corrected chi connectivity index (χ3v) is 5.55. The number of hydrogen-bond donors (Lipinski definition) is 0. The van der Waals surface area contributed by atoms with Gasteiger partial charge in [0.2, 0.25) is 12.7 Å². The summed E-state index contributed by atoms with van der Waals surface area (Å²) >= 11 is 0. The van der Waals surface area contributed by atoms with Gasteiger partial charge >= 0.3 is 0 Å². The molecule has 2 unspecified atom stereocenters. The van der Waals surface area contributed by atoms with Gasteiger partial charge in [-0.25, -0.2) is 0 Å². The fourth-order valence-electron chi connectivity index (χ4n) is 4.19. The maximum atomic E-state index is 12.8. The third kappa shape index (κ3) is 4.14. The summed E-state index contributed by atoms with van der Waals surface area (Å²) in [5, 5.41) is 0. The number of benzene rings is 1. The highest BCUT2D eigenvalue weighted by Crippen LogP contribution is 2.39. The summed E-state index contributed by atoms with van der Waals surface area (Å²) in [5.41, 5.74) is 1.29. The molecule has 144 valence electrons. The van der Waals surface area contributed by atoms with E-state index in [0.29, 0.717) is 25.3 Å². The lowest BCUT2D eigenvalue weighted by molar-refractivity contribution is -0.132. The standard InChI is InChI=1S/C21H32N2O3/c1-4-9-22(10-5-2)21(24)14-23-13-17(11-18(23)6-3)16-7-8-19-20(12-16)26-15-25-19/h7-8,12,17-18H,4-6,9-11,13-15H2,1-3H3. The quantitative estimate of drug-likeness (QED) is 0.710. The predicted molar refractivity (Wildman–Crippen MR) is 103 cm³/mol. The number of carbonyl (C=O) groups excluding carboxylic acids is 1. The van der Waals surface area contributed by atoms with E-state index in [9.17, 15) is 4.79 Å². The van der Waals surface area contributed by atoms with Crippen molar-refractivity contribution in [3.63, 3.8) is 0 Å². The number of carbonyl (C=O) groups is 1. The molecule has 0 aliphatic carbocycles. The van der Waals surface area contributed by atoms with Crippen LogP contribution >= 0.6 is 0 Å². The lowest BCUT2D eigenvalue weighted by Gasteiger charge is -2.27. The van der Waals surface area contributed by atoms with Crippen LogP contribution in [0.25, 0.3) is 0 Å². The molecular formula is C21H32N2O3. The number of rotatable bonds is 8. The lowest BCUT2D eigenvalue weighted by Crippen LogP contribution is -2.42. The second-order valence-corrected chi connectivity index (χ2v) is 7.42. The number of nitrogens with zero attached hydrogens (tertiary/aromatic N) is 2. The average molecular weight is 360 g/mol. The van der Waals surface area contributed by atoms with Crippen LogP contribution in [0.4, 0.5) is 0 Å². The van der Waals surface area contributed by atoms with Crippen LogP contribution in [-0.4, -0.2) is 54.7 Å². The van der Waals surface area contributed by atoms with Crippen LogP contribution in [0.2, 0.25) is 0 Å². The van der Waals surface area contributed by atoms with Crippen LogP contribution in [0.5, 0.6) is 11.5 Å². The van der Waals surface area contributed by atoms with E-state index < -0.39 is 0 Å². The minimum Gasteiger partial charge on any atom is -0.454 e. The van der Waals surface area contributed by atoms with E-state index in [1.807, 2.05) is 11.0 Å². The van der Waals surface area contributed by atoms with Crippen LogP contribution in [0.15, 0.2) is 18.2 Å². The van der Waals surface area contributed by atoms with E-state index in [1.54, 1.807) is 0 Å². The molecule has 1 saturated heterocycles. The highest BCUT2D eigenvalue weighted by atomic mass is 16.7. The lowest BCUT2D eigenvalue weighted by atomic mass is 9.95. The first kappa shape index (κ1) is 19.0. The molecule has 0 spiro atoms. The van der Waals surface area contributed by atoms with E-state index in [4.69, 9.17) is 9.47 Å². The molecule has 1 amide bonds. The van der Waals surface area contributed by atoms with Crippen LogP contribution < -0.4 is 9.47 Å². The summed E-state index contributed by atoms with van der Waals surface area (Å²) in [4.78, 5) is 17.2. The number of fused-ring (bicyclic) bond motifs is 1. The van der Waals surface area contributed by atoms with Crippen molar-refractivity contribution in [3.8, 4) is 11.5 Å². The summed E-state index contributed by atoms with van der Waals surface area (Å²) in [7, 11) is 0. The highest BCUT2D eigenvalue weighted by Gasteiger charge is 2.34. The summed E-state index contributed by atoms with van der Waals surface area (Å²) in [5.74, 6) is 2.41. The number of amides is 1. The van der Waals surface area contributed by atoms with Crippen molar-refractivity contribution in [1.82, 2.24) is 9.80 Å². The fourth-order valence-corrected chi connectivity index (χ4v) is 4.19. The topological polar surface area (TPSA) is 42.0 Å². The van der Waals surface area contributed by atoms with Crippen molar-refractivity contribution < 1.29 is 14.3 Å². The number of hydrogen-bond acceptors (Lipinski definition) is 4. The Morgan fingerprint density at radius 2 is 1.88 bits per heavy atom. The molecule has 0 bridgehead atoms. The first-order valence-corrected chi connectivity index (χ1v) is 10.1. The summed E-state index contributed by atoms with van der Waals surface area (Å²) < 4.78 is 11.0. The minimum atomic E-state index is 0.276. The van der Waals surface area contributed by atoms with Gasteiger partial charge in [0.25, 0.3) is 0 Å². The van der Waals surface area contributed by atoms with Crippen LogP contribution in [0, 0.1) is 0 Å². The first-order chi connectivity index (χ1) is 12.7. The molecule has 2 aliphatic heterocycles. The van der Waals surface area contributed by atoms with Gasteiger partial charge < -0.3 is 14.4 Å². The molecule has 0 aromatic heterocycles. The molecule has 2 aliphatic rings. The maximum Gasteiger partial charge on any atom is 0.236 e. The van der Waals surface area contributed by atoms with E-state index in [0.717, 1.165) is 56.8 Å². The molecule has 0 radical (unpaired) electrons. The zero-order chi connectivity index (χ0) is 18.5. The second-order valence-electron chi connectivity index (χ2n) is 7.42. The Labute approximate surface area is 157 Å². The van der Waals surface area contributed by atoms with E-state index in [2.05, 4.69) is 37.8 Å². The smallest absolute Gasteiger partial charge is 0.236 e. The molecule has 2 atom stereocenters. The Balaban J connectivity index is 1.66. The average Bonchev–Trinajstić information content (AvgIpc) is 3.27. The molecule has 1 aromatic rings. The summed E-state index contributed by atoms with van der Waals surface area (Å²) in [6.45, 7) is 10.0. The number of likely N-dealkylation sites (tertiary alicyclic amines) is 1. The molecule has 0 N–H and O–H groups in total. The molecule has 1 fully saturated rings. The van der Waals surface area contributed by atoms with Crippen molar-refractivity contribution in [2.75, 3.05) is 33.0 Å². The minimum absolute atomic E-state index is 0.276.